The van der Waals surface area contributed by atoms with Crippen molar-refractivity contribution >= 4 is 12.0 Å². The Hall–Kier alpha value is -2.04. The number of rotatable bonds is 3. The number of alkyl carbamates (subject to hydrolysis) is 1. The molecule has 120 valence electrons. The van der Waals surface area contributed by atoms with Crippen molar-refractivity contribution < 1.29 is 14.3 Å². The summed E-state index contributed by atoms with van der Waals surface area (Å²) in [5.74, 6) is 0.0673. The van der Waals surface area contributed by atoms with Gasteiger partial charge >= 0.3 is 6.09 Å². The van der Waals surface area contributed by atoms with Crippen molar-refractivity contribution in [3.05, 3.63) is 34.9 Å². The van der Waals surface area contributed by atoms with Crippen LogP contribution < -0.4 is 5.32 Å². The van der Waals surface area contributed by atoms with Crippen LogP contribution in [0.1, 0.15) is 41.3 Å². The summed E-state index contributed by atoms with van der Waals surface area (Å²) in [4.78, 5) is 25.8. The average molecular weight is 304 g/mol. The first-order valence-corrected chi connectivity index (χ1v) is 7.81. The molecule has 0 aromatic heterocycles. The van der Waals surface area contributed by atoms with Gasteiger partial charge < -0.3 is 15.0 Å². The van der Waals surface area contributed by atoms with Crippen molar-refractivity contribution in [1.82, 2.24) is 10.2 Å². The zero-order valence-electron chi connectivity index (χ0n) is 13.5. The molecule has 0 aliphatic carbocycles. The molecule has 5 nitrogen and oxygen atoms in total. The molecule has 1 saturated heterocycles. The van der Waals surface area contributed by atoms with E-state index in [1.54, 1.807) is 6.92 Å². The second-order valence-electron chi connectivity index (χ2n) is 5.73. The van der Waals surface area contributed by atoms with Gasteiger partial charge in [0.15, 0.2) is 0 Å². The Morgan fingerprint density at radius 1 is 1.23 bits per heavy atom. The van der Waals surface area contributed by atoms with Gasteiger partial charge in [0.25, 0.3) is 5.91 Å². The van der Waals surface area contributed by atoms with Gasteiger partial charge in [-0.15, -0.1) is 0 Å². The van der Waals surface area contributed by atoms with Crippen LogP contribution in [0.3, 0.4) is 0 Å². The average Bonchev–Trinajstić information content (AvgIpc) is 2.50. The van der Waals surface area contributed by atoms with Crippen LogP contribution in [0.2, 0.25) is 0 Å². The molecule has 0 atom stereocenters. The van der Waals surface area contributed by atoms with Crippen molar-refractivity contribution in [2.45, 2.75) is 39.7 Å². The van der Waals surface area contributed by atoms with Crippen LogP contribution >= 0.6 is 0 Å². The Morgan fingerprint density at radius 3 is 2.50 bits per heavy atom. The second-order valence-corrected chi connectivity index (χ2v) is 5.73. The van der Waals surface area contributed by atoms with Gasteiger partial charge in [-0.05, 0) is 56.9 Å². The van der Waals surface area contributed by atoms with Crippen LogP contribution in [-0.4, -0.2) is 42.6 Å². The molecule has 1 aliphatic rings. The zero-order chi connectivity index (χ0) is 16.1. The van der Waals surface area contributed by atoms with Crippen LogP contribution in [0, 0.1) is 13.8 Å². The standard InChI is InChI=1S/C17H24N2O3/c1-4-22-17(21)18-15-7-9-19(10-8-15)16(20)14-6-5-12(2)13(3)11-14/h5-6,11,15H,4,7-10H2,1-3H3,(H,18,21). The Labute approximate surface area is 131 Å². The fourth-order valence-corrected chi connectivity index (χ4v) is 2.62. The summed E-state index contributed by atoms with van der Waals surface area (Å²) in [6, 6.07) is 5.90. The molecule has 0 saturated carbocycles. The van der Waals surface area contributed by atoms with E-state index in [1.165, 1.54) is 5.56 Å². The fourth-order valence-electron chi connectivity index (χ4n) is 2.62. The zero-order valence-corrected chi connectivity index (χ0v) is 13.5. The number of benzene rings is 1. The number of aryl methyl sites for hydroxylation is 2. The van der Waals surface area contributed by atoms with Crippen molar-refractivity contribution in [2.75, 3.05) is 19.7 Å². The third-order valence-corrected chi connectivity index (χ3v) is 4.13. The Bertz CT molecular complexity index is 549. The highest BCUT2D eigenvalue weighted by atomic mass is 16.5. The van der Waals surface area contributed by atoms with Gasteiger partial charge in [0, 0.05) is 24.7 Å². The quantitative estimate of drug-likeness (QED) is 0.934. The van der Waals surface area contributed by atoms with E-state index in [1.807, 2.05) is 36.9 Å². The summed E-state index contributed by atoms with van der Waals surface area (Å²) >= 11 is 0. The first kappa shape index (κ1) is 16.3. The molecule has 2 rings (SSSR count). The molecule has 0 radical (unpaired) electrons. The molecule has 1 fully saturated rings. The summed E-state index contributed by atoms with van der Waals surface area (Å²) in [5, 5.41) is 2.84. The first-order chi connectivity index (χ1) is 10.5. The fraction of sp³-hybridized carbons (Fsp3) is 0.529. The van der Waals surface area contributed by atoms with E-state index in [2.05, 4.69) is 5.32 Å². The van der Waals surface area contributed by atoms with Gasteiger partial charge in [0.1, 0.15) is 0 Å². The molecule has 1 aromatic rings. The van der Waals surface area contributed by atoms with E-state index < -0.39 is 0 Å². The van der Waals surface area contributed by atoms with Crippen molar-refractivity contribution in [2.24, 2.45) is 0 Å². The molecule has 1 N–H and O–H groups in total. The molecule has 22 heavy (non-hydrogen) atoms. The lowest BCUT2D eigenvalue weighted by atomic mass is 10.0. The molecular weight excluding hydrogens is 280 g/mol. The molecular formula is C17H24N2O3. The molecule has 2 amide bonds. The number of carbonyl (C=O) groups is 2. The highest BCUT2D eigenvalue weighted by molar-refractivity contribution is 5.94. The van der Waals surface area contributed by atoms with Gasteiger partial charge in [0.2, 0.25) is 0 Å². The molecule has 1 aromatic carbocycles. The van der Waals surface area contributed by atoms with Crippen LogP contribution in [0.15, 0.2) is 18.2 Å². The monoisotopic (exact) mass is 304 g/mol. The minimum absolute atomic E-state index is 0.0673. The predicted octanol–water partition coefficient (Wildman–Crippen LogP) is 2.65. The van der Waals surface area contributed by atoms with Gasteiger partial charge in [-0.3, -0.25) is 4.79 Å². The number of hydrogen-bond donors (Lipinski definition) is 1. The maximum absolute atomic E-state index is 12.5. The Morgan fingerprint density at radius 2 is 1.91 bits per heavy atom. The number of nitrogens with one attached hydrogen (secondary N) is 1. The number of hydrogen-bond acceptors (Lipinski definition) is 3. The molecule has 0 spiro atoms. The third kappa shape index (κ3) is 4.00. The van der Waals surface area contributed by atoms with E-state index >= 15 is 0 Å². The topological polar surface area (TPSA) is 58.6 Å². The number of amides is 2. The largest absolute Gasteiger partial charge is 0.450 e. The number of piperidine rings is 1. The molecule has 0 unspecified atom stereocenters. The minimum Gasteiger partial charge on any atom is -0.450 e. The second kappa shape index (κ2) is 7.29. The lowest BCUT2D eigenvalue weighted by Crippen LogP contribution is -2.46. The smallest absolute Gasteiger partial charge is 0.407 e. The molecule has 0 bridgehead atoms. The SMILES string of the molecule is CCOC(=O)NC1CCN(C(=O)c2ccc(C)c(C)c2)CC1. The van der Waals surface area contributed by atoms with Crippen LogP contribution in [0.5, 0.6) is 0 Å². The van der Waals surface area contributed by atoms with Gasteiger partial charge in [-0.1, -0.05) is 6.07 Å². The predicted molar refractivity (Wildman–Crippen MR) is 85.0 cm³/mol. The maximum atomic E-state index is 12.5. The minimum atomic E-state index is -0.374. The van der Waals surface area contributed by atoms with Crippen molar-refractivity contribution in [3.8, 4) is 0 Å². The van der Waals surface area contributed by atoms with E-state index in [4.69, 9.17) is 4.74 Å². The van der Waals surface area contributed by atoms with E-state index in [-0.39, 0.29) is 18.0 Å². The number of nitrogens with zero attached hydrogens (tertiary/aromatic N) is 1. The van der Waals surface area contributed by atoms with Crippen LogP contribution in [0.4, 0.5) is 4.79 Å². The lowest BCUT2D eigenvalue weighted by Gasteiger charge is -2.32. The molecule has 1 heterocycles. The van der Waals surface area contributed by atoms with Crippen LogP contribution in [0.25, 0.3) is 0 Å². The summed E-state index contributed by atoms with van der Waals surface area (Å²) in [6.45, 7) is 7.52. The Balaban J connectivity index is 1.89. The van der Waals surface area contributed by atoms with Gasteiger partial charge in [-0.2, -0.15) is 0 Å². The molecule has 1 aliphatic heterocycles. The van der Waals surface area contributed by atoms with Crippen molar-refractivity contribution in [3.63, 3.8) is 0 Å². The number of carbonyl (C=O) groups excluding carboxylic acids is 2. The van der Waals surface area contributed by atoms with Crippen LogP contribution in [-0.2, 0) is 4.74 Å². The number of ether oxygens (including phenoxy) is 1. The maximum Gasteiger partial charge on any atom is 0.407 e. The summed E-state index contributed by atoms with van der Waals surface area (Å²) in [5.41, 5.74) is 3.05. The lowest BCUT2D eigenvalue weighted by molar-refractivity contribution is 0.0702. The van der Waals surface area contributed by atoms with Gasteiger partial charge in [0.05, 0.1) is 6.61 Å². The van der Waals surface area contributed by atoms with Gasteiger partial charge in [-0.25, -0.2) is 4.79 Å². The van der Waals surface area contributed by atoms with E-state index in [9.17, 15) is 9.59 Å². The Kier molecular flexibility index (Phi) is 5.41. The summed E-state index contributed by atoms with van der Waals surface area (Å²) < 4.78 is 4.88. The van der Waals surface area contributed by atoms with E-state index in [0.717, 1.165) is 24.0 Å². The summed E-state index contributed by atoms with van der Waals surface area (Å²) in [6.07, 6.45) is 1.14. The normalized spacial score (nSPS) is 15.5. The highest BCUT2D eigenvalue weighted by Crippen LogP contribution is 2.16. The van der Waals surface area contributed by atoms with E-state index in [0.29, 0.717) is 19.7 Å². The highest BCUT2D eigenvalue weighted by Gasteiger charge is 2.24. The molecule has 5 heteroatoms. The van der Waals surface area contributed by atoms with Crippen molar-refractivity contribution in [1.29, 1.82) is 0 Å². The summed E-state index contributed by atoms with van der Waals surface area (Å²) in [7, 11) is 0. The number of likely N-dealkylation sites (tertiary alicyclic amines) is 1. The first-order valence-electron chi connectivity index (χ1n) is 7.81. The third-order valence-electron chi connectivity index (χ3n) is 4.13.